The van der Waals surface area contributed by atoms with E-state index < -0.39 is 34.2 Å². The molecule has 13 nitrogen and oxygen atoms in total. The van der Waals surface area contributed by atoms with Gasteiger partial charge in [0, 0.05) is 29.6 Å². The third kappa shape index (κ3) is 13.8. The maximum absolute atomic E-state index is 13.7. The molecule has 5 N–H and O–H groups in total. The van der Waals surface area contributed by atoms with Crippen LogP contribution in [0.3, 0.4) is 0 Å². The average Bonchev–Trinajstić information content (AvgIpc) is 3.42. The maximum Gasteiger partial charge on any atom is 0.335 e. The second kappa shape index (κ2) is 20.5. The van der Waals surface area contributed by atoms with Gasteiger partial charge < -0.3 is 34.5 Å². The van der Waals surface area contributed by atoms with Crippen LogP contribution in [0.2, 0.25) is 0 Å². The first-order valence-corrected chi connectivity index (χ1v) is 18.5. The summed E-state index contributed by atoms with van der Waals surface area (Å²) in [7, 11) is -3.45. The fourth-order valence-electron chi connectivity index (χ4n) is 4.88. The Balaban J connectivity index is 0.000000722. The van der Waals surface area contributed by atoms with Crippen molar-refractivity contribution in [2.45, 2.75) is 84.3 Å². The highest BCUT2D eigenvalue weighted by atomic mass is 32.2. The fourth-order valence-corrected chi connectivity index (χ4v) is 5.44. The second-order valence-electron chi connectivity index (χ2n) is 11.8. The molecule has 0 bridgehead atoms. The summed E-state index contributed by atoms with van der Waals surface area (Å²) in [4.78, 5) is 35.7. The molecular formula is C35H50N2O11S. The zero-order chi connectivity index (χ0) is 36.6. The van der Waals surface area contributed by atoms with Crippen molar-refractivity contribution in [2.75, 3.05) is 37.2 Å². The summed E-state index contributed by atoms with van der Waals surface area (Å²) in [6.45, 7) is 10.5. The van der Waals surface area contributed by atoms with Crippen LogP contribution in [-0.4, -0.2) is 96.2 Å². The minimum atomic E-state index is -3.45. The minimum Gasteiger partial charge on any atom is -0.494 e. The third-order valence-corrected chi connectivity index (χ3v) is 8.12. The SMILES string of the molecule is CCCCc1oc2ccc(NS(C)(=O)=O)cc2c1C(=O)c1ccc(OCCCN(CCCC)CCCC)cc1.O=C(O)C(O)C(O)C(=O)O. The van der Waals surface area contributed by atoms with E-state index in [4.69, 9.17) is 29.6 Å². The van der Waals surface area contributed by atoms with Crippen molar-refractivity contribution in [3.05, 3.63) is 59.4 Å². The van der Waals surface area contributed by atoms with Gasteiger partial charge in [-0.1, -0.05) is 40.0 Å². The Hall–Kier alpha value is -3.98. The summed E-state index contributed by atoms with van der Waals surface area (Å²) in [6, 6.07) is 12.3. The Morgan fingerprint density at radius 1 is 0.837 bits per heavy atom. The van der Waals surface area contributed by atoms with E-state index in [2.05, 4.69) is 30.4 Å². The van der Waals surface area contributed by atoms with Crippen molar-refractivity contribution in [3.8, 4) is 5.75 Å². The summed E-state index contributed by atoms with van der Waals surface area (Å²) in [5.74, 6) is -2.32. The number of carbonyl (C=O) groups excluding carboxylic acids is 1. The van der Waals surface area contributed by atoms with Crippen LogP contribution < -0.4 is 9.46 Å². The molecule has 3 aromatic rings. The molecule has 0 saturated carbocycles. The monoisotopic (exact) mass is 706 g/mol. The van der Waals surface area contributed by atoms with Gasteiger partial charge in [-0.05, 0) is 81.2 Å². The number of unbranched alkanes of at least 4 members (excludes halogenated alkanes) is 3. The molecule has 3 rings (SSSR count). The number of ether oxygens (including phenoxy) is 1. The van der Waals surface area contributed by atoms with E-state index in [1.807, 2.05) is 12.1 Å². The average molecular weight is 707 g/mol. The number of benzene rings is 2. The molecule has 272 valence electrons. The standard InChI is InChI=1S/C31H44N2O5S.C4H6O6/c1-5-8-12-29-30(27-23-25(32-39(4,35)36)15-18-28(27)38-29)31(34)24-13-16-26(17-14-24)37-22-11-21-33(19-9-6-2)20-10-7-3;5-1(3(7)8)2(6)4(9)10/h13-18,23,32H,5-12,19-22H2,1-4H3;1-2,5-6H,(H,7,8)(H,9,10). The van der Waals surface area contributed by atoms with Crippen molar-refractivity contribution >= 4 is 44.4 Å². The van der Waals surface area contributed by atoms with Crippen LogP contribution in [-0.2, 0) is 26.0 Å². The smallest absolute Gasteiger partial charge is 0.335 e. The van der Waals surface area contributed by atoms with E-state index in [1.165, 1.54) is 25.7 Å². The summed E-state index contributed by atoms with van der Waals surface area (Å²) >= 11 is 0. The topological polar surface area (TPSA) is 204 Å². The van der Waals surface area contributed by atoms with Crippen molar-refractivity contribution in [1.82, 2.24) is 4.90 Å². The van der Waals surface area contributed by atoms with E-state index in [-0.39, 0.29) is 5.78 Å². The van der Waals surface area contributed by atoms with Gasteiger partial charge in [0.05, 0.1) is 18.4 Å². The first-order chi connectivity index (χ1) is 23.2. The molecule has 0 aliphatic carbocycles. The van der Waals surface area contributed by atoms with E-state index in [0.29, 0.717) is 46.6 Å². The molecule has 0 amide bonds. The fraction of sp³-hybridized carbons (Fsp3) is 0.514. The number of hydrogen-bond acceptors (Lipinski definition) is 10. The van der Waals surface area contributed by atoms with Gasteiger partial charge in [0.15, 0.2) is 18.0 Å². The Labute approximate surface area is 287 Å². The molecular weight excluding hydrogens is 656 g/mol. The number of carboxylic acids is 2. The lowest BCUT2D eigenvalue weighted by molar-refractivity contribution is -0.165. The van der Waals surface area contributed by atoms with E-state index in [1.54, 1.807) is 30.3 Å². The van der Waals surface area contributed by atoms with Crippen molar-refractivity contribution < 1.29 is 52.4 Å². The van der Waals surface area contributed by atoms with Gasteiger partial charge in [-0.2, -0.15) is 0 Å². The Kier molecular flexibility index (Phi) is 17.2. The van der Waals surface area contributed by atoms with Crippen LogP contribution in [0.25, 0.3) is 11.0 Å². The molecule has 0 spiro atoms. The van der Waals surface area contributed by atoms with E-state index in [0.717, 1.165) is 50.9 Å². The maximum atomic E-state index is 13.7. The van der Waals surface area contributed by atoms with Crippen LogP contribution in [0.1, 0.15) is 87.4 Å². The number of anilines is 1. The zero-order valence-electron chi connectivity index (χ0n) is 28.7. The molecule has 49 heavy (non-hydrogen) atoms. The highest BCUT2D eigenvalue weighted by Gasteiger charge is 2.29. The summed E-state index contributed by atoms with van der Waals surface area (Å²) in [5.41, 5.74) is 1.99. The Bertz CT molecular complexity index is 1580. The molecule has 0 saturated heterocycles. The largest absolute Gasteiger partial charge is 0.494 e. The van der Waals surface area contributed by atoms with Gasteiger partial charge >= 0.3 is 11.9 Å². The first kappa shape index (κ1) is 41.2. The number of carboxylic acid groups (broad SMARTS) is 2. The number of hydrogen-bond donors (Lipinski definition) is 5. The van der Waals surface area contributed by atoms with Gasteiger partial charge in [-0.25, -0.2) is 18.0 Å². The van der Waals surface area contributed by atoms with Crippen molar-refractivity contribution in [3.63, 3.8) is 0 Å². The number of aliphatic carboxylic acids is 2. The number of nitrogens with zero attached hydrogens (tertiary/aromatic N) is 1. The molecule has 2 unspecified atom stereocenters. The predicted octanol–water partition coefficient (Wildman–Crippen LogP) is 4.93. The molecule has 0 radical (unpaired) electrons. The summed E-state index contributed by atoms with van der Waals surface area (Å²) < 4.78 is 38.0. The van der Waals surface area contributed by atoms with E-state index in [9.17, 15) is 22.8 Å². The number of ketones is 1. The lowest BCUT2D eigenvalue weighted by atomic mass is 9.98. The first-order valence-electron chi connectivity index (χ1n) is 16.6. The third-order valence-electron chi connectivity index (χ3n) is 7.51. The Morgan fingerprint density at radius 3 is 1.90 bits per heavy atom. The lowest BCUT2D eigenvalue weighted by Crippen LogP contribution is -2.39. The van der Waals surface area contributed by atoms with Crippen LogP contribution in [0.15, 0.2) is 46.9 Å². The number of nitrogens with one attached hydrogen (secondary N) is 1. The number of aliphatic hydroxyl groups excluding tert-OH is 2. The molecule has 14 heteroatoms. The number of rotatable bonds is 21. The van der Waals surface area contributed by atoms with Gasteiger partial charge in [0.2, 0.25) is 10.0 Å². The minimum absolute atomic E-state index is 0.148. The number of aryl methyl sites for hydroxylation is 1. The van der Waals surface area contributed by atoms with E-state index >= 15 is 0 Å². The van der Waals surface area contributed by atoms with Crippen LogP contribution in [0.4, 0.5) is 5.69 Å². The highest BCUT2D eigenvalue weighted by Crippen LogP contribution is 2.32. The second-order valence-corrected chi connectivity index (χ2v) is 13.5. The van der Waals surface area contributed by atoms with Crippen LogP contribution >= 0.6 is 0 Å². The molecule has 2 aromatic carbocycles. The number of sulfonamides is 1. The molecule has 0 fully saturated rings. The van der Waals surface area contributed by atoms with Crippen LogP contribution in [0.5, 0.6) is 5.75 Å². The normalized spacial score (nSPS) is 12.6. The quantitative estimate of drug-likeness (QED) is 0.0740. The Morgan fingerprint density at radius 2 is 1.39 bits per heavy atom. The lowest BCUT2D eigenvalue weighted by Gasteiger charge is -2.21. The molecule has 1 aromatic heterocycles. The number of carbonyl (C=O) groups is 3. The molecule has 2 atom stereocenters. The van der Waals surface area contributed by atoms with Crippen LogP contribution in [0, 0.1) is 0 Å². The van der Waals surface area contributed by atoms with Crippen molar-refractivity contribution in [2.24, 2.45) is 0 Å². The molecule has 1 heterocycles. The molecule has 0 aliphatic heterocycles. The van der Waals surface area contributed by atoms with Gasteiger partial charge in [-0.3, -0.25) is 9.52 Å². The van der Waals surface area contributed by atoms with Crippen molar-refractivity contribution in [1.29, 1.82) is 0 Å². The summed E-state index contributed by atoms with van der Waals surface area (Å²) in [5, 5.41) is 33.1. The van der Waals surface area contributed by atoms with Gasteiger partial charge in [-0.15, -0.1) is 0 Å². The summed E-state index contributed by atoms with van der Waals surface area (Å²) in [6.07, 6.45) is 4.87. The van der Waals surface area contributed by atoms with Gasteiger partial charge in [0.1, 0.15) is 17.1 Å². The van der Waals surface area contributed by atoms with Gasteiger partial charge in [0.25, 0.3) is 0 Å². The molecule has 0 aliphatic rings. The highest BCUT2D eigenvalue weighted by molar-refractivity contribution is 7.92. The predicted molar refractivity (Wildman–Crippen MR) is 187 cm³/mol. The number of fused-ring (bicyclic) bond motifs is 1. The number of furan rings is 1. The zero-order valence-corrected chi connectivity index (χ0v) is 29.5. The number of aliphatic hydroxyl groups is 2.